The molecule has 0 radical (unpaired) electrons. The predicted molar refractivity (Wildman–Crippen MR) is 86.6 cm³/mol. The number of carbonyl (C=O) groups is 1. The van der Waals surface area contributed by atoms with Gasteiger partial charge in [-0.1, -0.05) is 19.3 Å². The Bertz CT molecular complexity index is 541. The number of nitrogens with one attached hydrogen (secondary N) is 2. The summed E-state index contributed by atoms with van der Waals surface area (Å²) in [6.07, 6.45) is 6.53. The van der Waals surface area contributed by atoms with Crippen LogP contribution in [0.25, 0.3) is 0 Å². The standard InChI is InChI=1S/C16H21BrN2O2/c1-18-15-11-7-12(17)14(8-13(11)19-16(15)20)21-9-10-5-3-2-4-6-10/h7-8,10,15,18H,2-6,9H2,1H3,(H,19,20). The molecule has 0 bridgehead atoms. The molecule has 1 atom stereocenters. The number of halogens is 1. The van der Waals surface area contributed by atoms with Crippen molar-refractivity contribution in [3.8, 4) is 5.75 Å². The number of ether oxygens (including phenoxy) is 1. The number of rotatable bonds is 4. The SMILES string of the molecule is CNC1C(=O)Nc2cc(OCC3CCCCC3)c(Br)cc21. The molecular weight excluding hydrogens is 332 g/mol. The highest BCUT2D eigenvalue weighted by molar-refractivity contribution is 9.10. The zero-order valence-corrected chi connectivity index (χ0v) is 13.8. The van der Waals surface area contributed by atoms with Crippen molar-refractivity contribution < 1.29 is 9.53 Å². The molecule has 2 N–H and O–H groups in total. The second-order valence-electron chi connectivity index (χ2n) is 5.90. The normalized spacial score (nSPS) is 22.0. The molecule has 2 aliphatic rings. The van der Waals surface area contributed by atoms with E-state index in [-0.39, 0.29) is 11.9 Å². The van der Waals surface area contributed by atoms with Crippen LogP contribution in [-0.4, -0.2) is 19.6 Å². The topological polar surface area (TPSA) is 50.4 Å². The summed E-state index contributed by atoms with van der Waals surface area (Å²) in [4.78, 5) is 11.9. The summed E-state index contributed by atoms with van der Waals surface area (Å²) in [5.41, 5.74) is 1.82. The summed E-state index contributed by atoms with van der Waals surface area (Å²) in [5.74, 6) is 1.47. The van der Waals surface area contributed by atoms with E-state index in [4.69, 9.17) is 4.74 Å². The fourth-order valence-corrected chi connectivity index (χ4v) is 3.70. The Morgan fingerprint density at radius 2 is 2.10 bits per heavy atom. The van der Waals surface area contributed by atoms with Crippen molar-refractivity contribution >= 4 is 27.5 Å². The molecule has 1 fully saturated rings. The van der Waals surface area contributed by atoms with Gasteiger partial charge in [-0.25, -0.2) is 0 Å². The van der Waals surface area contributed by atoms with Crippen LogP contribution < -0.4 is 15.4 Å². The van der Waals surface area contributed by atoms with Gasteiger partial charge in [0.25, 0.3) is 0 Å². The summed E-state index contributed by atoms with van der Waals surface area (Å²) >= 11 is 3.56. The Balaban J connectivity index is 1.72. The average molecular weight is 353 g/mol. The van der Waals surface area contributed by atoms with E-state index in [9.17, 15) is 4.79 Å². The van der Waals surface area contributed by atoms with Crippen molar-refractivity contribution in [3.63, 3.8) is 0 Å². The van der Waals surface area contributed by atoms with Gasteiger partial charge in [-0.3, -0.25) is 4.79 Å². The van der Waals surface area contributed by atoms with E-state index in [1.807, 2.05) is 12.1 Å². The van der Waals surface area contributed by atoms with Gasteiger partial charge in [0.05, 0.1) is 11.1 Å². The first-order valence-corrected chi connectivity index (χ1v) is 8.42. The van der Waals surface area contributed by atoms with Crippen LogP contribution in [0.5, 0.6) is 5.75 Å². The van der Waals surface area contributed by atoms with Gasteiger partial charge in [0, 0.05) is 17.3 Å². The molecule has 3 rings (SSSR count). The van der Waals surface area contributed by atoms with E-state index in [0.717, 1.165) is 28.1 Å². The first-order valence-electron chi connectivity index (χ1n) is 7.63. The molecule has 5 heteroatoms. The van der Waals surface area contributed by atoms with Crippen molar-refractivity contribution in [2.75, 3.05) is 19.0 Å². The lowest BCUT2D eigenvalue weighted by Gasteiger charge is -2.22. The number of fused-ring (bicyclic) bond motifs is 1. The molecule has 1 aromatic rings. The molecule has 1 saturated carbocycles. The van der Waals surface area contributed by atoms with Gasteiger partial charge in [0.15, 0.2) is 0 Å². The van der Waals surface area contributed by atoms with E-state index in [1.54, 1.807) is 7.05 Å². The van der Waals surface area contributed by atoms with Crippen LogP contribution in [0, 0.1) is 5.92 Å². The van der Waals surface area contributed by atoms with Crippen LogP contribution in [0.15, 0.2) is 16.6 Å². The molecule has 1 aliphatic carbocycles. The molecule has 0 saturated heterocycles. The quantitative estimate of drug-likeness (QED) is 0.869. The molecule has 1 unspecified atom stereocenters. The molecule has 4 nitrogen and oxygen atoms in total. The molecule has 1 amide bonds. The first-order chi connectivity index (χ1) is 10.2. The molecule has 21 heavy (non-hydrogen) atoms. The minimum Gasteiger partial charge on any atom is -0.492 e. The molecule has 114 valence electrons. The third-order valence-electron chi connectivity index (χ3n) is 4.42. The number of anilines is 1. The summed E-state index contributed by atoms with van der Waals surface area (Å²) in [6.45, 7) is 0.765. The van der Waals surface area contributed by atoms with Crippen molar-refractivity contribution in [1.29, 1.82) is 0 Å². The van der Waals surface area contributed by atoms with Gasteiger partial charge in [-0.15, -0.1) is 0 Å². The third-order valence-corrected chi connectivity index (χ3v) is 5.04. The Morgan fingerprint density at radius 3 is 2.81 bits per heavy atom. The zero-order chi connectivity index (χ0) is 14.8. The zero-order valence-electron chi connectivity index (χ0n) is 12.2. The number of likely N-dealkylation sites (N-methyl/N-ethyl adjacent to an activating group) is 1. The van der Waals surface area contributed by atoms with Crippen molar-refractivity contribution in [1.82, 2.24) is 5.32 Å². The van der Waals surface area contributed by atoms with Crippen LogP contribution in [-0.2, 0) is 4.79 Å². The Kier molecular flexibility index (Phi) is 4.50. The molecule has 0 spiro atoms. The van der Waals surface area contributed by atoms with Crippen molar-refractivity contribution in [2.45, 2.75) is 38.1 Å². The highest BCUT2D eigenvalue weighted by Crippen LogP contribution is 2.39. The highest BCUT2D eigenvalue weighted by Gasteiger charge is 2.30. The van der Waals surface area contributed by atoms with Gasteiger partial charge in [0.2, 0.25) is 5.91 Å². The lowest BCUT2D eigenvalue weighted by Crippen LogP contribution is -2.23. The molecular formula is C16H21BrN2O2. The van der Waals surface area contributed by atoms with Crippen LogP contribution in [0.4, 0.5) is 5.69 Å². The van der Waals surface area contributed by atoms with Crippen LogP contribution in [0.2, 0.25) is 0 Å². The molecule has 1 aromatic carbocycles. The number of amides is 1. The number of hydrogen-bond donors (Lipinski definition) is 2. The Labute approximate surface area is 133 Å². The maximum absolute atomic E-state index is 11.9. The van der Waals surface area contributed by atoms with Gasteiger partial charge in [-0.2, -0.15) is 0 Å². The smallest absolute Gasteiger partial charge is 0.246 e. The maximum atomic E-state index is 11.9. The van der Waals surface area contributed by atoms with Crippen molar-refractivity contribution in [3.05, 3.63) is 22.2 Å². The largest absolute Gasteiger partial charge is 0.492 e. The molecule has 0 aromatic heterocycles. The van der Waals surface area contributed by atoms with E-state index in [0.29, 0.717) is 5.92 Å². The lowest BCUT2D eigenvalue weighted by atomic mass is 9.90. The van der Waals surface area contributed by atoms with Crippen LogP contribution in [0.3, 0.4) is 0 Å². The highest BCUT2D eigenvalue weighted by atomic mass is 79.9. The third kappa shape index (κ3) is 3.09. The Hall–Kier alpha value is -1.07. The van der Waals surface area contributed by atoms with Crippen molar-refractivity contribution in [2.24, 2.45) is 5.92 Å². The second-order valence-corrected chi connectivity index (χ2v) is 6.75. The van der Waals surface area contributed by atoms with E-state index in [1.165, 1.54) is 32.1 Å². The van der Waals surface area contributed by atoms with E-state index in [2.05, 4.69) is 26.6 Å². The minimum absolute atomic E-state index is 0.0103. The van der Waals surface area contributed by atoms with E-state index >= 15 is 0 Å². The fourth-order valence-electron chi connectivity index (χ4n) is 3.22. The summed E-state index contributed by atoms with van der Waals surface area (Å²) in [7, 11) is 1.79. The number of benzene rings is 1. The molecule has 1 aliphatic heterocycles. The minimum atomic E-state index is -0.274. The van der Waals surface area contributed by atoms with Gasteiger partial charge >= 0.3 is 0 Å². The summed E-state index contributed by atoms with van der Waals surface area (Å²) in [6, 6.07) is 3.63. The number of hydrogen-bond acceptors (Lipinski definition) is 3. The monoisotopic (exact) mass is 352 g/mol. The summed E-state index contributed by atoms with van der Waals surface area (Å²) in [5, 5.41) is 5.93. The van der Waals surface area contributed by atoms with E-state index < -0.39 is 0 Å². The van der Waals surface area contributed by atoms with Crippen LogP contribution >= 0.6 is 15.9 Å². The van der Waals surface area contributed by atoms with Crippen LogP contribution in [0.1, 0.15) is 43.7 Å². The van der Waals surface area contributed by atoms with Gasteiger partial charge in [0.1, 0.15) is 11.8 Å². The number of carbonyl (C=O) groups excluding carboxylic acids is 1. The van der Waals surface area contributed by atoms with Gasteiger partial charge < -0.3 is 15.4 Å². The predicted octanol–water partition coefficient (Wildman–Crippen LogP) is 3.62. The summed E-state index contributed by atoms with van der Waals surface area (Å²) < 4.78 is 6.90. The molecule has 1 heterocycles. The Morgan fingerprint density at radius 1 is 1.33 bits per heavy atom. The average Bonchev–Trinajstić information content (AvgIpc) is 2.80. The second kappa shape index (κ2) is 6.36. The maximum Gasteiger partial charge on any atom is 0.246 e. The first kappa shape index (κ1) is 14.9. The lowest BCUT2D eigenvalue weighted by molar-refractivity contribution is -0.117. The van der Waals surface area contributed by atoms with Gasteiger partial charge in [-0.05, 0) is 47.8 Å². The fraction of sp³-hybridized carbons (Fsp3) is 0.562.